The number of nitrogens with zero attached hydrogens (tertiary/aromatic N) is 3. The minimum atomic E-state index is -0.833. The van der Waals surface area contributed by atoms with Crippen LogP contribution in [0.2, 0.25) is 0 Å². The first-order valence-electron chi connectivity index (χ1n) is 9.87. The number of aliphatic hydroxyl groups excluding tert-OH is 1. The number of piperidine rings is 1. The number of aliphatic carboxylic acids is 1. The maximum atomic E-state index is 12.4. The predicted molar refractivity (Wildman–Crippen MR) is 106 cm³/mol. The number of fused-ring (bicyclic) bond motifs is 1. The molecule has 1 amide bonds. The normalized spacial score (nSPS) is 20.0. The summed E-state index contributed by atoms with van der Waals surface area (Å²) in [6.07, 6.45) is 0.205. The highest BCUT2D eigenvalue weighted by atomic mass is 16.7. The van der Waals surface area contributed by atoms with Gasteiger partial charge in [0.2, 0.25) is 24.5 Å². The number of hydrogen-bond donors (Lipinski definition) is 3. The zero-order chi connectivity index (χ0) is 22.4. The van der Waals surface area contributed by atoms with Crippen molar-refractivity contribution in [1.29, 1.82) is 0 Å². The van der Waals surface area contributed by atoms with Gasteiger partial charge in [0.15, 0.2) is 11.5 Å². The van der Waals surface area contributed by atoms with Crippen molar-refractivity contribution in [3.05, 3.63) is 35.5 Å². The van der Waals surface area contributed by atoms with Crippen LogP contribution >= 0.6 is 0 Å². The van der Waals surface area contributed by atoms with Gasteiger partial charge in [-0.1, -0.05) is 6.07 Å². The molecule has 0 bridgehead atoms. The second-order valence-corrected chi connectivity index (χ2v) is 7.36. The van der Waals surface area contributed by atoms with Crippen LogP contribution in [0.4, 0.5) is 0 Å². The number of ether oxygens (including phenoxy) is 2. The third-order valence-corrected chi connectivity index (χ3v) is 4.74. The summed E-state index contributed by atoms with van der Waals surface area (Å²) < 4.78 is 16.0. The Labute approximate surface area is 179 Å². The highest BCUT2D eigenvalue weighted by Crippen LogP contribution is 2.32. The number of aryl methyl sites for hydroxylation is 1. The average Bonchev–Trinajstić information content (AvgIpc) is 3.32. The second kappa shape index (κ2) is 10.2. The number of rotatable bonds is 5. The molecule has 3 heterocycles. The lowest BCUT2D eigenvalue weighted by Gasteiger charge is -2.35. The highest BCUT2D eigenvalue weighted by Gasteiger charge is 2.29. The summed E-state index contributed by atoms with van der Waals surface area (Å²) in [5.41, 5.74) is 0.834. The molecule has 2 aromatic rings. The molecule has 2 aliphatic heterocycles. The van der Waals surface area contributed by atoms with Gasteiger partial charge in [-0.15, -0.1) is 10.2 Å². The molecular formula is C20H26N4O7. The van der Waals surface area contributed by atoms with Crippen LogP contribution in [0.1, 0.15) is 30.7 Å². The third-order valence-electron chi connectivity index (χ3n) is 4.74. The Hall–Kier alpha value is -3.18. The number of carboxylic acid groups (broad SMARTS) is 1. The number of amides is 1. The second-order valence-electron chi connectivity index (χ2n) is 7.36. The van der Waals surface area contributed by atoms with E-state index in [4.69, 9.17) is 23.8 Å². The first-order valence-corrected chi connectivity index (χ1v) is 9.87. The van der Waals surface area contributed by atoms with E-state index in [0.717, 1.165) is 12.5 Å². The summed E-state index contributed by atoms with van der Waals surface area (Å²) in [5.74, 6) is 1.42. The first-order chi connectivity index (χ1) is 14.8. The van der Waals surface area contributed by atoms with Crippen LogP contribution in [0.3, 0.4) is 0 Å². The minimum Gasteiger partial charge on any atom is -0.481 e. The highest BCUT2D eigenvalue weighted by molar-refractivity contribution is 5.79. The van der Waals surface area contributed by atoms with E-state index in [1.165, 1.54) is 0 Å². The van der Waals surface area contributed by atoms with E-state index in [1.807, 2.05) is 12.1 Å². The number of aromatic nitrogens is 2. The lowest BCUT2D eigenvalue weighted by atomic mass is 10.0. The molecule has 168 valence electrons. The van der Waals surface area contributed by atoms with Gasteiger partial charge >= 0.3 is 0 Å². The topological polar surface area (TPSA) is 147 Å². The molecule has 2 aliphatic rings. The van der Waals surface area contributed by atoms with E-state index in [2.05, 4.69) is 20.4 Å². The molecule has 3 N–H and O–H groups in total. The van der Waals surface area contributed by atoms with E-state index in [9.17, 15) is 9.90 Å². The van der Waals surface area contributed by atoms with E-state index in [-0.39, 0.29) is 25.2 Å². The van der Waals surface area contributed by atoms with Crippen LogP contribution in [0, 0.1) is 6.92 Å². The number of carbonyl (C=O) groups excluding carboxylic acids is 1. The van der Waals surface area contributed by atoms with Gasteiger partial charge in [-0.3, -0.25) is 14.5 Å². The third kappa shape index (κ3) is 6.66. The Kier molecular flexibility index (Phi) is 7.42. The van der Waals surface area contributed by atoms with Crippen LogP contribution in [0.5, 0.6) is 11.5 Å². The van der Waals surface area contributed by atoms with Gasteiger partial charge in [0.1, 0.15) is 0 Å². The molecule has 0 unspecified atom stereocenters. The Morgan fingerprint density at radius 2 is 2.00 bits per heavy atom. The van der Waals surface area contributed by atoms with E-state index in [0.29, 0.717) is 49.3 Å². The van der Waals surface area contributed by atoms with Crippen molar-refractivity contribution in [2.75, 3.05) is 19.9 Å². The average molecular weight is 434 g/mol. The molecule has 31 heavy (non-hydrogen) atoms. The predicted octanol–water partition coefficient (Wildman–Crippen LogP) is 0.492. The van der Waals surface area contributed by atoms with Crippen molar-refractivity contribution in [1.82, 2.24) is 20.4 Å². The van der Waals surface area contributed by atoms with Crippen LogP contribution in [-0.4, -0.2) is 69.2 Å². The van der Waals surface area contributed by atoms with Crippen molar-refractivity contribution < 1.29 is 33.7 Å². The largest absolute Gasteiger partial charge is 0.481 e. The van der Waals surface area contributed by atoms with Crippen molar-refractivity contribution in [2.45, 2.75) is 45.4 Å². The molecule has 0 spiro atoms. The molecule has 1 saturated heterocycles. The van der Waals surface area contributed by atoms with E-state index < -0.39 is 12.1 Å². The molecule has 1 aromatic heterocycles. The van der Waals surface area contributed by atoms with Gasteiger partial charge in [0.05, 0.1) is 25.1 Å². The van der Waals surface area contributed by atoms with Crippen LogP contribution in [-0.2, 0) is 22.6 Å². The number of aliphatic hydroxyl groups is 1. The molecule has 0 saturated carbocycles. The van der Waals surface area contributed by atoms with Gasteiger partial charge in [-0.05, 0) is 24.1 Å². The van der Waals surface area contributed by atoms with E-state index >= 15 is 0 Å². The maximum absolute atomic E-state index is 12.4. The smallest absolute Gasteiger partial charge is 0.300 e. The fourth-order valence-electron chi connectivity index (χ4n) is 3.38. The van der Waals surface area contributed by atoms with Crippen molar-refractivity contribution in [3.8, 4) is 11.5 Å². The Morgan fingerprint density at radius 3 is 2.71 bits per heavy atom. The number of hydrogen-bond acceptors (Lipinski definition) is 9. The number of likely N-dealkylation sites (tertiary alicyclic amines) is 1. The fraction of sp³-hybridized carbons (Fsp3) is 0.500. The Bertz CT molecular complexity index is 913. The number of nitrogens with one attached hydrogen (secondary N) is 1. The summed E-state index contributed by atoms with van der Waals surface area (Å²) in [6.45, 7) is 4.76. The quantitative estimate of drug-likeness (QED) is 0.607. The van der Waals surface area contributed by atoms with Crippen molar-refractivity contribution in [2.24, 2.45) is 0 Å². The van der Waals surface area contributed by atoms with E-state index in [1.54, 1.807) is 13.0 Å². The molecule has 0 radical (unpaired) electrons. The summed E-state index contributed by atoms with van der Waals surface area (Å²) in [5, 5.41) is 28.4. The monoisotopic (exact) mass is 434 g/mol. The summed E-state index contributed by atoms with van der Waals surface area (Å²) in [4.78, 5) is 23.5. The molecule has 4 rings (SSSR count). The molecule has 1 fully saturated rings. The number of carbonyl (C=O) groups is 2. The lowest BCUT2D eigenvalue weighted by Crippen LogP contribution is -2.55. The Balaban J connectivity index is 0.000000628. The summed E-state index contributed by atoms with van der Waals surface area (Å²) in [7, 11) is 0. The van der Waals surface area contributed by atoms with Crippen LogP contribution in [0.25, 0.3) is 0 Å². The molecule has 11 heteroatoms. The van der Waals surface area contributed by atoms with Gasteiger partial charge in [-0.2, -0.15) is 0 Å². The zero-order valence-corrected chi connectivity index (χ0v) is 17.4. The summed E-state index contributed by atoms with van der Waals surface area (Å²) >= 11 is 0. The zero-order valence-electron chi connectivity index (χ0n) is 17.4. The van der Waals surface area contributed by atoms with Gasteiger partial charge < -0.3 is 29.4 Å². The van der Waals surface area contributed by atoms with Crippen LogP contribution < -0.4 is 14.8 Å². The minimum absolute atomic E-state index is 0.145. The standard InChI is InChI=1S/C18H22N4O5.C2H4O2/c1-11-20-21-18(27-11)9-22-5-4-14(23)13(8-22)19-17(24)7-12-2-3-15-16(6-12)26-10-25-15;1-2(3)4/h2-3,6,13-14,23H,4-5,7-10H2,1H3,(H,19,24);1H3,(H,3,4)/t13-,14-;/m1./s1. The fourth-order valence-corrected chi connectivity index (χ4v) is 3.38. The molecule has 0 aliphatic carbocycles. The Morgan fingerprint density at radius 1 is 1.26 bits per heavy atom. The SMILES string of the molecule is CC(=O)O.Cc1nnc(CN2CC[C@@H](O)[C@H](NC(=O)Cc3ccc4c(c3)OCO4)C2)o1. The molecule has 11 nitrogen and oxygen atoms in total. The lowest BCUT2D eigenvalue weighted by molar-refractivity contribution is -0.134. The van der Waals surface area contributed by atoms with Gasteiger partial charge in [0.25, 0.3) is 5.97 Å². The molecular weight excluding hydrogens is 408 g/mol. The number of carboxylic acids is 1. The van der Waals surface area contributed by atoms with Gasteiger partial charge in [-0.25, -0.2) is 0 Å². The maximum Gasteiger partial charge on any atom is 0.300 e. The molecule has 1 aromatic carbocycles. The molecule has 2 atom stereocenters. The summed E-state index contributed by atoms with van der Waals surface area (Å²) in [6, 6.07) is 5.11. The van der Waals surface area contributed by atoms with Gasteiger partial charge in [0, 0.05) is 26.9 Å². The first kappa shape index (κ1) is 22.5. The number of benzene rings is 1. The van der Waals surface area contributed by atoms with Crippen molar-refractivity contribution >= 4 is 11.9 Å². The van der Waals surface area contributed by atoms with Crippen LogP contribution in [0.15, 0.2) is 22.6 Å². The van der Waals surface area contributed by atoms with Crippen molar-refractivity contribution in [3.63, 3.8) is 0 Å².